The van der Waals surface area contributed by atoms with Gasteiger partial charge >= 0.3 is 0 Å². The number of nitrogens with zero attached hydrogens (tertiary/aromatic N) is 3. The molecule has 136 valence electrons. The molecule has 2 amide bonds. The van der Waals surface area contributed by atoms with Crippen molar-refractivity contribution in [2.45, 2.75) is 0 Å². The van der Waals surface area contributed by atoms with Crippen molar-refractivity contribution in [3.05, 3.63) is 41.4 Å². The Labute approximate surface area is 154 Å². The van der Waals surface area contributed by atoms with E-state index in [2.05, 4.69) is 10.2 Å². The summed E-state index contributed by atoms with van der Waals surface area (Å²) >= 11 is 6.03. The van der Waals surface area contributed by atoms with Gasteiger partial charge in [-0.25, -0.2) is 0 Å². The van der Waals surface area contributed by atoms with Crippen LogP contribution in [0.4, 0.5) is 5.69 Å². The molecule has 0 unspecified atom stereocenters. The van der Waals surface area contributed by atoms with Gasteiger partial charge < -0.3 is 20.0 Å². The smallest absolute Gasteiger partial charge is 0.244 e. The van der Waals surface area contributed by atoms with E-state index in [0.29, 0.717) is 24.7 Å². The van der Waals surface area contributed by atoms with E-state index >= 15 is 0 Å². The fourth-order valence-corrected chi connectivity index (χ4v) is 2.78. The van der Waals surface area contributed by atoms with Crippen molar-refractivity contribution in [2.24, 2.45) is 0 Å². The third-order valence-corrected chi connectivity index (χ3v) is 4.19. The van der Waals surface area contributed by atoms with Crippen molar-refractivity contribution in [3.8, 4) is 0 Å². The predicted molar refractivity (Wildman–Crippen MR) is 101 cm³/mol. The molecule has 0 spiro atoms. The molecule has 1 aromatic carbocycles. The van der Waals surface area contributed by atoms with Crippen molar-refractivity contribution < 1.29 is 9.59 Å². The van der Waals surface area contributed by atoms with Crippen LogP contribution in [0, 0.1) is 0 Å². The number of rotatable bonds is 6. The van der Waals surface area contributed by atoms with Crippen molar-refractivity contribution >= 4 is 29.1 Å². The van der Waals surface area contributed by atoms with Crippen molar-refractivity contribution in [3.63, 3.8) is 0 Å². The summed E-state index contributed by atoms with van der Waals surface area (Å²) < 4.78 is 0. The maximum absolute atomic E-state index is 12.2. The Hall–Kier alpha value is -2.05. The lowest BCUT2D eigenvalue weighted by Gasteiger charge is -2.36. The lowest BCUT2D eigenvalue weighted by molar-refractivity contribution is -0.132. The standard InChI is InChI=1S/C18H25ClN4O2/c1-21(2)8-4-7-17(24)20-14-18(25)23-11-9-22(10-12-23)16-6-3-5-15(19)13-16/h3-7,13H,8-12,14H2,1-2H3,(H,20,24)/b7-4+. The highest BCUT2D eigenvalue weighted by Crippen LogP contribution is 2.20. The maximum atomic E-state index is 12.2. The zero-order valence-corrected chi connectivity index (χ0v) is 15.5. The first-order valence-corrected chi connectivity index (χ1v) is 8.71. The van der Waals surface area contributed by atoms with Gasteiger partial charge in [0.15, 0.2) is 0 Å². The Balaban J connectivity index is 1.74. The summed E-state index contributed by atoms with van der Waals surface area (Å²) in [4.78, 5) is 29.8. The largest absolute Gasteiger partial charge is 0.368 e. The second-order valence-electron chi connectivity index (χ2n) is 6.23. The highest BCUT2D eigenvalue weighted by atomic mass is 35.5. The fraction of sp³-hybridized carbons (Fsp3) is 0.444. The van der Waals surface area contributed by atoms with Crippen LogP contribution in [-0.2, 0) is 9.59 Å². The zero-order valence-electron chi connectivity index (χ0n) is 14.7. The van der Waals surface area contributed by atoms with Gasteiger partial charge in [-0.2, -0.15) is 0 Å². The number of carbonyl (C=O) groups is 2. The van der Waals surface area contributed by atoms with E-state index in [1.807, 2.05) is 43.3 Å². The van der Waals surface area contributed by atoms with Crippen molar-refractivity contribution in [2.75, 3.05) is 58.3 Å². The van der Waals surface area contributed by atoms with Gasteiger partial charge in [0.2, 0.25) is 11.8 Å². The number of likely N-dealkylation sites (N-methyl/N-ethyl adjacent to an activating group) is 1. The fourth-order valence-electron chi connectivity index (χ4n) is 2.59. The molecule has 1 saturated heterocycles. The van der Waals surface area contributed by atoms with E-state index in [0.717, 1.165) is 18.8 Å². The van der Waals surface area contributed by atoms with Crippen LogP contribution in [0.2, 0.25) is 5.02 Å². The Kier molecular flexibility index (Phi) is 7.28. The summed E-state index contributed by atoms with van der Waals surface area (Å²) in [5.41, 5.74) is 1.07. The van der Waals surface area contributed by atoms with Gasteiger partial charge in [0.1, 0.15) is 0 Å². The van der Waals surface area contributed by atoms with Crippen LogP contribution in [0.5, 0.6) is 0 Å². The monoisotopic (exact) mass is 364 g/mol. The van der Waals surface area contributed by atoms with Crippen LogP contribution in [0.15, 0.2) is 36.4 Å². The van der Waals surface area contributed by atoms with Gasteiger partial charge in [-0.3, -0.25) is 9.59 Å². The molecule has 1 fully saturated rings. The molecule has 1 aromatic rings. The van der Waals surface area contributed by atoms with E-state index < -0.39 is 0 Å². The number of halogens is 1. The molecular formula is C18H25ClN4O2. The van der Waals surface area contributed by atoms with Crippen LogP contribution in [-0.4, -0.2) is 75.0 Å². The van der Waals surface area contributed by atoms with E-state index in [4.69, 9.17) is 11.6 Å². The molecule has 1 N–H and O–H groups in total. The second-order valence-corrected chi connectivity index (χ2v) is 6.67. The van der Waals surface area contributed by atoms with Crippen molar-refractivity contribution in [1.82, 2.24) is 15.1 Å². The molecule has 2 rings (SSSR count). The van der Waals surface area contributed by atoms with E-state index in [-0.39, 0.29) is 18.4 Å². The van der Waals surface area contributed by atoms with Crippen LogP contribution >= 0.6 is 11.6 Å². The van der Waals surface area contributed by atoms with Crippen LogP contribution < -0.4 is 10.2 Å². The first-order chi connectivity index (χ1) is 12.0. The molecule has 7 heteroatoms. The van der Waals surface area contributed by atoms with Gasteiger partial charge in [-0.1, -0.05) is 23.7 Å². The summed E-state index contributed by atoms with van der Waals surface area (Å²) in [5, 5.41) is 3.35. The van der Waals surface area contributed by atoms with Crippen LogP contribution in [0.25, 0.3) is 0 Å². The van der Waals surface area contributed by atoms with Gasteiger partial charge in [0, 0.05) is 49.5 Å². The van der Waals surface area contributed by atoms with Crippen LogP contribution in [0.3, 0.4) is 0 Å². The zero-order chi connectivity index (χ0) is 18.2. The number of hydrogen-bond donors (Lipinski definition) is 1. The lowest BCUT2D eigenvalue weighted by atomic mass is 10.2. The molecule has 0 radical (unpaired) electrons. The van der Waals surface area contributed by atoms with Crippen molar-refractivity contribution in [1.29, 1.82) is 0 Å². The number of hydrogen-bond acceptors (Lipinski definition) is 4. The van der Waals surface area contributed by atoms with Gasteiger partial charge in [0.05, 0.1) is 6.54 Å². The molecule has 0 bridgehead atoms. The molecule has 0 atom stereocenters. The summed E-state index contributed by atoms with van der Waals surface area (Å²) in [5.74, 6) is -0.298. The number of carbonyl (C=O) groups excluding carboxylic acids is 2. The first kappa shape index (κ1) is 19.3. The molecule has 25 heavy (non-hydrogen) atoms. The first-order valence-electron chi connectivity index (χ1n) is 8.33. The van der Waals surface area contributed by atoms with Gasteiger partial charge in [-0.15, -0.1) is 0 Å². The quantitative estimate of drug-likeness (QED) is 0.771. The predicted octanol–water partition coefficient (Wildman–Crippen LogP) is 1.22. The molecule has 0 saturated carbocycles. The summed E-state index contributed by atoms with van der Waals surface area (Å²) in [6, 6.07) is 7.72. The summed E-state index contributed by atoms with van der Waals surface area (Å²) in [6.07, 6.45) is 3.23. The third-order valence-electron chi connectivity index (χ3n) is 3.96. The average Bonchev–Trinajstić information content (AvgIpc) is 2.59. The Morgan fingerprint density at radius 2 is 1.96 bits per heavy atom. The minimum atomic E-state index is -0.243. The number of piperazine rings is 1. The Morgan fingerprint density at radius 3 is 2.60 bits per heavy atom. The highest BCUT2D eigenvalue weighted by molar-refractivity contribution is 6.30. The molecule has 1 aliphatic rings. The second kappa shape index (κ2) is 9.44. The SMILES string of the molecule is CN(C)C/C=C/C(=O)NCC(=O)N1CCN(c2cccc(Cl)c2)CC1. The number of benzene rings is 1. The molecule has 0 aliphatic carbocycles. The number of amides is 2. The Morgan fingerprint density at radius 1 is 1.24 bits per heavy atom. The molecule has 6 nitrogen and oxygen atoms in total. The summed E-state index contributed by atoms with van der Waals surface area (Å²) in [7, 11) is 3.85. The van der Waals surface area contributed by atoms with E-state index in [1.165, 1.54) is 6.08 Å². The number of nitrogens with one attached hydrogen (secondary N) is 1. The lowest BCUT2D eigenvalue weighted by Crippen LogP contribution is -2.51. The van der Waals surface area contributed by atoms with Gasteiger partial charge in [0.25, 0.3) is 0 Å². The highest BCUT2D eigenvalue weighted by Gasteiger charge is 2.21. The minimum Gasteiger partial charge on any atom is -0.368 e. The maximum Gasteiger partial charge on any atom is 0.244 e. The molecular weight excluding hydrogens is 340 g/mol. The third kappa shape index (κ3) is 6.40. The minimum absolute atomic E-state index is 0.0301. The topological polar surface area (TPSA) is 55.9 Å². The molecule has 1 heterocycles. The van der Waals surface area contributed by atoms with E-state index in [9.17, 15) is 9.59 Å². The summed E-state index contributed by atoms with van der Waals surface area (Å²) in [6.45, 7) is 3.50. The van der Waals surface area contributed by atoms with Gasteiger partial charge in [-0.05, 0) is 32.3 Å². The average molecular weight is 365 g/mol. The molecule has 0 aromatic heterocycles. The van der Waals surface area contributed by atoms with Crippen LogP contribution in [0.1, 0.15) is 0 Å². The van der Waals surface area contributed by atoms with E-state index in [1.54, 1.807) is 11.0 Å². The normalized spacial score (nSPS) is 15.0. The number of anilines is 1. The Bertz CT molecular complexity index is 625. The molecule has 1 aliphatic heterocycles.